The minimum absolute atomic E-state index is 0.0976. The Hall–Kier alpha value is -2.89. The van der Waals surface area contributed by atoms with Crippen molar-refractivity contribution >= 4 is 17.5 Å². The summed E-state index contributed by atoms with van der Waals surface area (Å²) in [7, 11) is 0. The highest BCUT2D eigenvalue weighted by molar-refractivity contribution is 5.99. The number of hydrogen-bond acceptors (Lipinski definition) is 3. The molecule has 2 N–H and O–H groups in total. The molecule has 1 aliphatic rings. The number of rotatable bonds is 4. The third kappa shape index (κ3) is 3.63. The van der Waals surface area contributed by atoms with E-state index < -0.39 is 23.5 Å². The van der Waals surface area contributed by atoms with Crippen LogP contribution in [0.3, 0.4) is 0 Å². The van der Waals surface area contributed by atoms with Crippen LogP contribution in [0.15, 0.2) is 42.5 Å². The molecule has 0 aliphatic carbocycles. The molecule has 0 aromatic heterocycles. The van der Waals surface area contributed by atoms with E-state index >= 15 is 0 Å². The Labute approximate surface area is 145 Å². The molecule has 5 nitrogen and oxygen atoms in total. The number of likely N-dealkylation sites (tertiary alicyclic amines) is 1. The minimum Gasteiger partial charge on any atom is -0.505 e. The lowest BCUT2D eigenvalue weighted by Gasteiger charge is -2.24. The van der Waals surface area contributed by atoms with Crippen LogP contribution >= 0.6 is 0 Å². The Morgan fingerprint density at radius 2 is 2.00 bits per heavy atom. The molecule has 1 aliphatic heterocycles. The van der Waals surface area contributed by atoms with Gasteiger partial charge < -0.3 is 15.3 Å². The summed E-state index contributed by atoms with van der Waals surface area (Å²) in [6.45, 7) is 2.31. The maximum Gasteiger partial charge on any atom is 0.247 e. The lowest BCUT2D eigenvalue weighted by atomic mass is 10.1. The van der Waals surface area contributed by atoms with E-state index in [0.717, 1.165) is 11.1 Å². The topological polar surface area (TPSA) is 69.6 Å². The summed E-state index contributed by atoms with van der Waals surface area (Å²) in [5.41, 5.74) is 1.95. The Morgan fingerprint density at radius 3 is 2.72 bits per heavy atom. The van der Waals surface area contributed by atoms with E-state index in [2.05, 4.69) is 5.32 Å². The second-order valence-corrected chi connectivity index (χ2v) is 6.19. The number of phenols is 1. The molecule has 2 amide bonds. The Balaban J connectivity index is 1.75. The number of anilines is 1. The molecule has 2 aromatic rings. The molecule has 0 spiro atoms. The van der Waals surface area contributed by atoms with E-state index in [9.17, 15) is 19.1 Å². The number of benzene rings is 2. The van der Waals surface area contributed by atoms with Crippen LogP contribution in [0.25, 0.3) is 0 Å². The van der Waals surface area contributed by atoms with Gasteiger partial charge in [-0.05, 0) is 31.0 Å². The summed E-state index contributed by atoms with van der Waals surface area (Å²) in [5.74, 6) is -1.97. The van der Waals surface area contributed by atoms with Crippen LogP contribution in [-0.2, 0) is 16.1 Å². The molecule has 130 valence electrons. The zero-order valence-corrected chi connectivity index (χ0v) is 13.8. The Kier molecular flexibility index (Phi) is 4.70. The highest BCUT2D eigenvalue weighted by atomic mass is 19.1. The zero-order valence-electron chi connectivity index (χ0n) is 13.8. The SMILES string of the molecule is Cc1ccc(CN2C(=O)CC[C@@H]2C(=O)Nc2cccc(O)c2F)cc1. The van der Waals surface area contributed by atoms with Crippen molar-refractivity contribution in [1.29, 1.82) is 0 Å². The van der Waals surface area contributed by atoms with Gasteiger partial charge in [-0.2, -0.15) is 0 Å². The van der Waals surface area contributed by atoms with Crippen molar-refractivity contribution in [1.82, 2.24) is 4.90 Å². The van der Waals surface area contributed by atoms with Gasteiger partial charge in [0.2, 0.25) is 11.8 Å². The van der Waals surface area contributed by atoms with Crippen LogP contribution in [0.2, 0.25) is 0 Å². The fraction of sp³-hybridized carbons (Fsp3) is 0.263. The van der Waals surface area contributed by atoms with E-state index in [1.807, 2.05) is 31.2 Å². The van der Waals surface area contributed by atoms with E-state index in [-0.39, 0.29) is 18.0 Å². The predicted octanol–water partition coefficient (Wildman–Crippen LogP) is 2.97. The molecular weight excluding hydrogens is 323 g/mol. The first-order valence-electron chi connectivity index (χ1n) is 8.09. The quantitative estimate of drug-likeness (QED) is 0.897. The van der Waals surface area contributed by atoms with Gasteiger partial charge in [-0.15, -0.1) is 0 Å². The minimum atomic E-state index is -0.884. The molecule has 0 saturated carbocycles. The van der Waals surface area contributed by atoms with E-state index in [1.54, 1.807) is 0 Å². The summed E-state index contributed by atoms with van der Waals surface area (Å²) < 4.78 is 13.9. The van der Waals surface area contributed by atoms with Crippen LogP contribution in [-0.4, -0.2) is 27.9 Å². The summed E-state index contributed by atoms with van der Waals surface area (Å²) in [5, 5.41) is 11.9. The van der Waals surface area contributed by atoms with Gasteiger partial charge in [-0.3, -0.25) is 9.59 Å². The Morgan fingerprint density at radius 1 is 1.28 bits per heavy atom. The van der Waals surface area contributed by atoms with Crippen LogP contribution in [0.4, 0.5) is 10.1 Å². The number of aryl methyl sites for hydroxylation is 1. The number of amides is 2. The molecule has 1 saturated heterocycles. The highest BCUT2D eigenvalue weighted by Gasteiger charge is 2.36. The summed E-state index contributed by atoms with van der Waals surface area (Å²) in [6.07, 6.45) is 0.670. The largest absolute Gasteiger partial charge is 0.505 e. The second-order valence-electron chi connectivity index (χ2n) is 6.19. The number of carbonyl (C=O) groups excluding carboxylic acids is 2. The van der Waals surface area contributed by atoms with Gasteiger partial charge in [0.15, 0.2) is 11.6 Å². The van der Waals surface area contributed by atoms with Gasteiger partial charge in [0.1, 0.15) is 6.04 Å². The molecule has 1 fully saturated rings. The number of carbonyl (C=O) groups is 2. The number of nitrogens with zero attached hydrogens (tertiary/aromatic N) is 1. The molecule has 6 heteroatoms. The standard InChI is InChI=1S/C19H19FN2O3/c1-12-5-7-13(8-6-12)11-22-15(9-10-17(22)24)19(25)21-14-3-2-4-16(23)18(14)20/h2-8,15,23H,9-11H2,1H3,(H,21,25)/t15-/m1/s1. The van der Waals surface area contributed by atoms with E-state index in [1.165, 1.54) is 23.1 Å². The molecule has 0 unspecified atom stereocenters. The van der Waals surface area contributed by atoms with E-state index in [0.29, 0.717) is 13.0 Å². The van der Waals surface area contributed by atoms with Crippen LogP contribution < -0.4 is 5.32 Å². The first kappa shape index (κ1) is 17.0. The lowest BCUT2D eigenvalue weighted by Crippen LogP contribution is -2.41. The highest BCUT2D eigenvalue weighted by Crippen LogP contribution is 2.26. The van der Waals surface area contributed by atoms with Crippen molar-refractivity contribution in [2.45, 2.75) is 32.4 Å². The number of aromatic hydroxyl groups is 1. The molecule has 0 radical (unpaired) electrons. The monoisotopic (exact) mass is 342 g/mol. The molecular formula is C19H19FN2O3. The van der Waals surface area contributed by atoms with Crippen LogP contribution in [0, 0.1) is 12.7 Å². The molecule has 2 aromatic carbocycles. The summed E-state index contributed by atoms with van der Waals surface area (Å²) in [4.78, 5) is 26.2. The Bertz CT molecular complexity index is 805. The van der Waals surface area contributed by atoms with Crippen molar-refractivity contribution < 1.29 is 19.1 Å². The van der Waals surface area contributed by atoms with Gasteiger partial charge in [-0.1, -0.05) is 35.9 Å². The molecule has 25 heavy (non-hydrogen) atoms. The van der Waals surface area contributed by atoms with Crippen molar-refractivity contribution in [3.63, 3.8) is 0 Å². The summed E-state index contributed by atoms with van der Waals surface area (Å²) in [6, 6.07) is 11.1. The maximum atomic E-state index is 13.9. The van der Waals surface area contributed by atoms with Gasteiger partial charge >= 0.3 is 0 Å². The normalized spacial score (nSPS) is 17.0. The van der Waals surface area contributed by atoms with Gasteiger partial charge in [-0.25, -0.2) is 4.39 Å². The third-order valence-electron chi connectivity index (χ3n) is 4.34. The number of hydrogen-bond donors (Lipinski definition) is 2. The van der Waals surface area contributed by atoms with Crippen molar-refractivity contribution in [2.24, 2.45) is 0 Å². The fourth-order valence-electron chi connectivity index (χ4n) is 2.93. The van der Waals surface area contributed by atoms with Gasteiger partial charge in [0, 0.05) is 13.0 Å². The van der Waals surface area contributed by atoms with Crippen LogP contribution in [0.5, 0.6) is 5.75 Å². The number of phenolic OH excluding ortho intramolecular Hbond substituents is 1. The third-order valence-corrected chi connectivity index (χ3v) is 4.34. The van der Waals surface area contributed by atoms with Crippen molar-refractivity contribution in [3.8, 4) is 5.75 Å². The average molecular weight is 342 g/mol. The van der Waals surface area contributed by atoms with E-state index in [4.69, 9.17) is 0 Å². The summed E-state index contributed by atoms with van der Waals surface area (Å²) >= 11 is 0. The second kappa shape index (κ2) is 6.93. The first-order valence-corrected chi connectivity index (χ1v) is 8.09. The van der Waals surface area contributed by atoms with Crippen molar-refractivity contribution in [3.05, 3.63) is 59.4 Å². The molecule has 1 atom stereocenters. The molecule has 1 heterocycles. The maximum absolute atomic E-state index is 13.9. The number of halogens is 1. The zero-order chi connectivity index (χ0) is 18.0. The average Bonchev–Trinajstić information content (AvgIpc) is 2.95. The smallest absolute Gasteiger partial charge is 0.247 e. The molecule has 3 rings (SSSR count). The molecule has 0 bridgehead atoms. The lowest BCUT2D eigenvalue weighted by molar-refractivity contribution is -0.133. The fourth-order valence-corrected chi connectivity index (χ4v) is 2.93. The van der Waals surface area contributed by atoms with Gasteiger partial charge in [0.25, 0.3) is 0 Å². The van der Waals surface area contributed by atoms with Crippen LogP contribution in [0.1, 0.15) is 24.0 Å². The van der Waals surface area contributed by atoms with Crippen molar-refractivity contribution in [2.75, 3.05) is 5.32 Å². The van der Waals surface area contributed by atoms with Gasteiger partial charge in [0.05, 0.1) is 5.69 Å². The predicted molar refractivity (Wildman–Crippen MR) is 91.4 cm³/mol. The number of nitrogens with one attached hydrogen (secondary N) is 1. The first-order chi connectivity index (χ1) is 12.0.